The number of morpholine rings is 1. The highest BCUT2D eigenvalue weighted by Gasteiger charge is 2.25. The molecule has 30 heavy (non-hydrogen) atoms. The number of carbonyl (C=O) groups excluding carboxylic acids is 2. The fourth-order valence-corrected chi connectivity index (χ4v) is 3.29. The van der Waals surface area contributed by atoms with Gasteiger partial charge in [0, 0.05) is 18.7 Å². The molecule has 160 valence electrons. The van der Waals surface area contributed by atoms with Gasteiger partial charge in [-0.1, -0.05) is 30.3 Å². The number of nitrogens with zero attached hydrogens (tertiary/aromatic N) is 1. The summed E-state index contributed by atoms with van der Waals surface area (Å²) in [4.78, 5) is 26.2. The highest BCUT2D eigenvalue weighted by Crippen LogP contribution is 2.17. The van der Waals surface area contributed by atoms with E-state index in [9.17, 15) is 14.7 Å². The van der Waals surface area contributed by atoms with Crippen molar-refractivity contribution in [1.82, 2.24) is 10.2 Å². The Bertz CT molecular complexity index is 856. The van der Waals surface area contributed by atoms with Crippen LogP contribution in [0.15, 0.2) is 48.5 Å². The first-order valence-corrected chi connectivity index (χ1v) is 10.2. The highest BCUT2D eigenvalue weighted by atomic mass is 16.6. The maximum Gasteiger partial charge on any atom is 0.409 e. The smallest absolute Gasteiger partial charge is 0.409 e. The quantitative estimate of drug-likeness (QED) is 0.683. The lowest BCUT2D eigenvalue weighted by molar-refractivity contribution is -0.0254. The summed E-state index contributed by atoms with van der Waals surface area (Å²) in [6.07, 6.45) is 0.989. The monoisotopic (exact) mass is 412 g/mol. The first-order valence-electron chi connectivity index (χ1n) is 10.2. The van der Waals surface area contributed by atoms with Crippen LogP contribution in [0.3, 0.4) is 0 Å². The Balaban J connectivity index is 1.39. The van der Waals surface area contributed by atoms with Crippen LogP contribution in [0.25, 0.3) is 0 Å². The Morgan fingerprint density at radius 1 is 1.23 bits per heavy atom. The van der Waals surface area contributed by atoms with E-state index in [2.05, 4.69) is 17.4 Å². The van der Waals surface area contributed by atoms with Gasteiger partial charge in [-0.3, -0.25) is 4.79 Å². The third-order valence-electron chi connectivity index (χ3n) is 5.02. The van der Waals surface area contributed by atoms with Crippen LogP contribution in [0, 0.1) is 6.92 Å². The largest absolute Gasteiger partial charge is 0.508 e. The number of rotatable bonds is 7. The molecular formula is C23H28N2O5. The molecule has 1 aliphatic rings. The molecule has 0 aliphatic carbocycles. The number of nitrogens with one attached hydrogen (secondary N) is 1. The van der Waals surface area contributed by atoms with Gasteiger partial charge < -0.3 is 24.8 Å². The van der Waals surface area contributed by atoms with Crippen molar-refractivity contribution in [2.24, 2.45) is 0 Å². The Hall–Kier alpha value is -3.06. The van der Waals surface area contributed by atoms with E-state index in [1.54, 1.807) is 24.0 Å². The molecule has 1 saturated heterocycles. The van der Waals surface area contributed by atoms with E-state index in [4.69, 9.17) is 9.47 Å². The fraction of sp³-hybridized carbons (Fsp3) is 0.391. The molecular weight excluding hydrogens is 384 g/mol. The number of phenols is 1. The number of carbonyl (C=O) groups is 2. The molecule has 1 unspecified atom stereocenters. The van der Waals surface area contributed by atoms with Crippen LogP contribution >= 0.6 is 0 Å². The summed E-state index contributed by atoms with van der Waals surface area (Å²) >= 11 is 0. The van der Waals surface area contributed by atoms with Crippen LogP contribution in [-0.4, -0.2) is 61.0 Å². The molecule has 0 radical (unpaired) electrons. The summed E-state index contributed by atoms with van der Waals surface area (Å²) in [5.41, 5.74) is 2.33. The number of phenolic OH excluding ortho intramolecular Hbond substituents is 1. The Morgan fingerprint density at radius 3 is 2.80 bits per heavy atom. The van der Waals surface area contributed by atoms with Gasteiger partial charge in [0.1, 0.15) is 5.75 Å². The summed E-state index contributed by atoms with van der Waals surface area (Å²) < 4.78 is 11.1. The van der Waals surface area contributed by atoms with Gasteiger partial charge >= 0.3 is 6.09 Å². The highest BCUT2D eigenvalue weighted by molar-refractivity contribution is 5.94. The van der Waals surface area contributed by atoms with Crippen LogP contribution in [0.1, 0.15) is 27.9 Å². The molecule has 3 rings (SSSR count). The molecule has 0 spiro atoms. The Kier molecular flexibility index (Phi) is 7.68. The fourth-order valence-electron chi connectivity index (χ4n) is 3.29. The third-order valence-corrected chi connectivity index (χ3v) is 5.02. The number of benzene rings is 2. The van der Waals surface area contributed by atoms with E-state index in [1.807, 2.05) is 18.2 Å². The molecule has 2 aromatic carbocycles. The zero-order valence-corrected chi connectivity index (χ0v) is 17.2. The molecule has 0 bridgehead atoms. The van der Waals surface area contributed by atoms with Crippen LogP contribution in [0.5, 0.6) is 5.75 Å². The molecule has 2 N–H and O–H groups in total. The third kappa shape index (κ3) is 6.22. The molecule has 1 atom stereocenters. The molecule has 0 saturated carbocycles. The van der Waals surface area contributed by atoms with Crippen molar-refractivity contribution >= 4 is 12.0 Å². The van der Waals surface area contributed by atoms with Crippen molar-refractivity contribution in [3.05, 3.63) is 65.2 Å². The van der Waals surface area contributed by atoms with E-state index in [0.29, 0.717) is 37.4 Å². The summed E-state index contributed by atoms with van der Waals surface area (Å²) in [6.45, 7) is 3.63. The minimum absolute atomic E-state index is 0.153. The van der Waals surface area contributed by atoms with E-state index >= 15 is 0 Å². The number of aromatic hydroxyl groups is 1. The van der Waals surface area contributed by atoms with Gasteiger partial charge in [0.15, 0.2) is 0 Å². The number of hydrogen-bond donors (Lipinski definition) is 2. The number of amides is 2. The zero-order valence-electron chi connectivity index (χ0n) is 17.2. The Labute approximate surface area is 176 Å². The lowest BCUT2D eigenvalue weighted by Gasteiger charge is -2.32. The van der Waals surface area contributed by atoms with Gasteiger partial charge in [-0.2, -0.15) is 0 Å². The first kappa shape index (κ1) is 21.6. The average Bonchev–Trinajstić information content (AvgIpc) is 2.77. The summed E-state index contributed by atoms with van der Waals surface area (Å²) in [6, 6.07) is 14.8. The minimum Gasteiger partial charge on any atom is -0.508 e. The summed E-state index contributed by atoms with van der Waals surface area (Å²) in [5.74, 6) is -0.0950. The summed E-state index contributed by atoms with van der Waals surface area (Å²) in [5, 5.41) is 12.4. The van der Waals surface area contributed by atoms with Gasteiger partial charge in [-0.25, -0.2) is 4.79 Å². The topological polar surface area (TPSA) is 88.1 Å². The van der Waals surface area contributed by atoms with Gasteiger partial charge in [0.05, 0.1) is 25.9 Å². The van der Waals surface area contributed by atoms with Crippen LogP contribution in [0.2, 0.25) is 0 Å². The standard InChI is InChI=1S/C23H28N2O5/c1-17-14-19(9-10-21(17)26)22(27)24-15-20-16-25(11-13-29-20)23(28)30-12-5-8-18-6-3-2-4-7-18/h2-4,6-7,9-10,14,20,26H,5,8,11-13,15-16H2,1H3,(H,24,27). The minimum atomic E-state index is -0.350. The van der Waals surface area contributed by atoms with Crippen LogP contribution in [-0.2, 0) is 15.9 Å². The van der Waals surface area contributed by atoms with Crippen molar-refractivity contribution in [3.63, 3.8) is 0 Å². The maximum absolute atomic E-state index is 12.3. The molecule has 7 nitrogen and oxygen atoms in total. The van der Waals surface area contributed by atoms with Crippen molar-refractivity contribution in [3.8, 4) is 5.75 Å². The molecule has 1 heterocycles. The van der Waals surface area contributed by atoms with Crippen molar-refractivity contribution in [2.45, 2.75) is 25.9 Å². The van der Waals surface area contributed by atoms with Gasteiger partial charge in [0.25, 0.3) is 5.91 Å². The second-order valence-electron chi connectivity index (χ2n) is 7.35. The predicted molar refractivity (Wildman–Crippen MR) is 113 cm³/mol. The SMILES string of the molecule is Cc1cc(C(=O)NCC2CN(C(=O)OCCCc3ccccc3)CCO2)ccc1O. The van der Waals surface area contributed by atoms with Gasteiger partial charge in [-0.15, -0.1) is 0 Å². The molecule has 0 aromatic heterocycles. The van der Waals surface area contributed by atoms with E-state index < -0.39 is 0 Å². The molecule has 2 aromatic rings. The van der Waals surface area contributed by atoms with E-state index in [0.717, 1.165) is 12.8 Å². The number of aryl methyl sites for hydroxylation is 2. The van der Waals surface area contributed by atoms with Gasteiger partial charge in [-0.05, 0) is 49.1 Å². The lowest BCUT2D eigenvalue weighted by atomic mass is 10.1. The van der Waals surface area contributed by atoms with Crippen LogP contribution < -0.4 is 5.32 Å². The molecule has 2 amide bonds. The number of hydrogen-bond acceptors (Lipinski definition) is 5. The van der Waals surface area contributed by atoms with Gasteiger partial charge in [0.2, 0.25) is 0 Å². The van der Waals surface area contributed by atoms with Crippen molar-refractivity contribution in [1.29, 1.82) is 0 Å². The molecule has 7 heteroatoms. The average molecular weight is 412 g/mol. The number of ether oxygens (including phenoxy) is 2. The normalized spacial score (nSPS) is 16.2. The lowest BCUT2D eigenvalue weighted by Crippen LogP contribution is -2.49. The predicted octanol–water partition coefficient (Wildman–Crippen LogP) is 2.90. The molecule has 1 fully saturated rings. The molecule has 1 aliphatic heterocycles. The second kappa shape index (κ2) is 10.6. The van der Waals surface area contributed by atoms with Crippen LogP contribution in [0.4, 0.5) is 4.79 Å². The van der Waals surface area contributed by atoms with Crippen molar-refractivity contribution < 1.29 is 24.2 Å². The maximum atomic E-state index is 12.3. The summed E-state index contributed by atoms with van der Waals surface area (Å²) in [7, 11) is 0. The Morgan fingerprint density at radius 2 is 2.03 bits per heavy atom. The second-order valence-corrected chi connectivity index (χ2v) is 7.35. The van der Waals surface area contributed by atoms with E-state index in [-0.39, 0.29) is 30.4 Å². The van der Waals surface area contributed by atoms with Crippen molar-refractivity contribution in [2.75, 3.05) is 32.8 Å². The van der Waals surface area contributed by atoms with E-state index in [1.165, 1.54) is 11.6 Å². The zero-order chi connectivity index (χ0) is 21.3. The first-order chi connectivity index (χ1) is 14.5.